The first-order valence-electron chi connectivity index (χ1n) is 11.2. The SMILES string of the molecule is O=C(CN1CC[C@@]2(CCC1=O)CC(=O)c1ccccc1O2)NCCCN1CCOCC1. The highest BCUT2D eigenvalue weighted by Gasteiger charge is 2.43. The van der Waals surface area contributed by atoms with Gasteiger partial charge in [-0.1, -0.05) is 12.1 Å². The molecule has 8 heteroatoms. The minimum Gasteiger partial charge on any atom is -0.486 e. The first-order chi connectivity index (χ1) is 15.0. The van der Waals surface area contributed by atoms with E-state index < -0.39 is 5.60 Å². The van der Waals surface area contributed by atoms with E-state index in [-0.39, 0.29) is 37.0 Å². The van der Waals surface area contributed by atoms with Crippen LogP contribution in [-0.4, -0.2) is 85.5 Å². The summed E-state index contributed by atoms with van der Waals surface area (Å²) in [7, 11) is 0. The summed E-state index contributed by atoms with van der Waals surface area (Å²) in [4.78, 5) is 41.6. The van der Waals surface area contributed by atoms with E-state index in [2.05, 4.69) is 10.2 Å². The molecule has 1 aromatic carbocycles. The number of amides is 2. The third kappa shape index (κ3) is 5.43. The molecule has 0 aliphatic carbocycles. The molecule has 0 aromatic heterocycles. The van der Waals surface area contributed by atoms with E-state index >= 15 is 0 Å². The number of morpholine rings is 1. The number of benzene rings is 1. The fourth-order valence-corrected chi connectivity index (χ4v) is 4.56. The number of likely N-dealkylation sites (tertiary alicyclic amines) is 1. The zero-order valence-corrected chi connectivity index (χ0v) is 17.9. The number of carbonyl (C=O) groups is 3. The maximum atomic E-state index is 12.6. The second kappa shape index (κ2) is 9.78. The lowest BCUT2D eigenvalue weighted by Gasteiger charge is -2.37. The van der Waals surface area contributed by atoms with Gasteiger partial charge in [-0.25, -0.2) is 0 Å². The van der Waals surface area contributed by atoms with Gasteiger partial charge in [0.2, 0.25) is 11.8 Å². The van der Waals surface area contributed by atoms with Gasteiger partial charge in [0, 0.05) is 39.0 Å². The van der Waals surface area contributed by atoms with Gasteiger partial charge >= 0.3 is 0 Å². The number of ether oxygens (including phenoxy) is 2. The maximum Gasteiger partial charge on any atom is 0.239 e. The minimum atomic E-state index is -0.662. The summed E-state index contributed by atoms with van der Waals surface area (Å²) >= 11 is 0. The number of ketones is 1. The Morgan fingerprint density at radius 3 is 2.74 bits per heavy atom. The third-order valence-corrected chi connectivity index (χ3v) is 6.39. The lowest BCUT2D eigenvalue weighted by molar-refractivity contribution is -0.135. The zero-order chi connectivity index (χ0) is 21.7. The highest BCUT2D eigenvalue weighted by Crippen LogP contribution is 2.39. The molecule has 0 unspecified atom stereocenters. The first kappa shape index (κ1) is 21.8. The molecule has 3 aliphatic rings. The molecule has 4 rings (SSSR count). The van der Waals surface area contributed by atoms with Crippen molar-refractivity contribution in [1.29, 1.82) is 0 Å². The lowest BCUT2D eigenvalue weighted by atomic mass is 9.84. The zero-order valence-electron chi connectivity index (χ0n) is 17.9. The van der Waals surface area contributed by atoms with Crippen LogP contribution in [0.3, 0.4) is 0 Å². The van der Waals surface area contributed by atoms with Crippen molar-refractivity contribution >= 4 is 17.6 Å². The van der Waals surface area contributed by atoms with Crippen LogP contribution < -0.4 is 10.1 Å². The van der Waals surface area contributed by atoms with Gasteiger partial charge in [-0.3, -0.25) is 19.3 Å². The highest BCUT2D eigenvalue weighted by atomic mass is 16.5. The normalized spacial score (nSPS) is 24.5. The van der Waals surface area contributed by atoms with E-state index in [9.17, 15) is 14.4 Å². The standard InChI is InChI=1S/C23H31N3O5/c27-19-16-23(31-20-5-2-1-4-18(19)20)7-6-22(29)26(11-8-23)17-21(28)24-9-3-10-25-12-14-30-15-13-25/h1-2,4-5H,3,6-17H2,(H,24,28)/t23-/m0/s1. The van der Waals surface area contributed by atoms with E-state index in [0.717, 1.165) is 39.3 Å². The molecule has 2 amide bonds. The van der Waals surface area contributed by atoms with Crippen LogP contribution in [0.1, 0.15) is 42.5 Å². The average molecular weight is 430 g/mol. The van der Waals surface area contributed by atoms with Gasteiger partial charge in [0.25, 0.3) is 0 Å². The van der Waals surface area contributed by atoms with Crippen LogP contribution in [0.4, 0.5) is 0 Å². The Morgan fingerprint density at radius 1 is 1.10 bits per heavy atom. The third-order valence-electron chi connectivity index (χ3n) is 6.39. The number of hydrogen-bond acceptors (Lipinski definition) is 6. The Hall–Kier alpha value is -2.45. The van der Waals surface area contributed by atoms with Crippen LogP contribution in [-0.2, 0) is 14.3 Å². The van der Waals surface area contributed by atoms with Crippen molar-refractivity contribution in [2.24, 2.45) is 0 Å². The van der Waals surface area contributed by atoms with Crippen LogP contribution in [0.5, 0.6) is 5.75 Å². The summed E-state index contributed by atoms with van der Waals surface area (Å²) in [5, 5.41) is 2.93. The van der Waals surface area contributed by atoms with Gasteiger partial charge in [-0.2, -0.15) is 0 Å². The van der Waals surface area contributed by atoms with Gasteiger partial charge in [0.1, 0.15) is 11.4 Å². The summed E-state index contributed by atoms with van der Waals surface area (Å²) in [5.74, 6) is 0.450. The molecule has 3 aliphatic heterocycles. The molecule has 0 radical (unpaired) electrons. The second-order valence-corrected chi connectivity index (χ2v) is 8.60. The number of rotatable bonds is 6. The summed E-state index contributed by atoms with van der Waals surface area (Å²) in [6.45, 7) is 5.41. The fraction of sp³-hybridized carbons (Fsp3) is 0.609. The Bertz CT molecular complexity index is 823. The number of nitrogens with zero attached hydrogens (tertiary/aromatic N) is 2. The van der Waals surface area contributed by atoms with Gasteiger partial charge < -0.3 is 19.7 Å². The molecule has 2 fully saturated rings. The second-order valence-electron chi connectivity index (χ2n) is 8.60. The van der Waals surface area contributed by atoms with Crippen molar-refractivity contribution in [1.82, 2.24) is 15.1 Å². The number of fused-ring (bicyclic) bond motifs is 1. The number of para-hydroxylation sites is 1. The Balaban J connectivity index is 1.25. The van der Waals surface area contributed by atoms with E-state index in [0.29, 0.717) is 37.2 Å². The monoisotopic (exact) mass is 429 g/mol. The predicted molar refractivity (Wildman–Crippen MR) is 114 cm³/mol. The smallest absolute Gasteiger partial charge is 0.239 e. The molecule has 1 spiro atoms. The van der Waals surface area contributed by atoms with Gasteiger partial charge in [-0.05, 0) is 31.5 Å². The number of hydrogen-bond donors (Lipinski definition) is 1. The van der Waals surface area contributed by atoms with Crippen molar-refractivity contribution < 1.29 is 23.9 Å². The largest absolute Gasteiger partial charge is 0.486 e. The molecule has 1 aromatic rings. The molecular formula is C23H31N3O5. The van der Waals surface area contributed by atoms with Crippen LogP contribution in [0.25, 0.3) is 0 Å². The molecular weight excluding hydrogens is 398 g/mol. The van der Waals surface area contributed by atoms with Crippen LogP contribution >= 0.6 is 0 Å². The minimum absolute atomic E-state index is 0.0526. The van der Waals surface area contributed by atoms with Gasteiger partial charge in [0.15, 0.2) is 5.78 Å². The van der Waals surface area contributed by atoms with Crippen LogP contribution in [0, 0.1) is 0 Å². The van der Waals surface area contributed by atoms with E-state index in [1.54, 1.807) is 11.0 Å². The molecule has 1 atom stereocenters. The number of carbonyl (C=O) groups excluding carboxylic acids is 3. The molecule has 3 heterocycles. The van der Waals surface area contributed by atoms with Crippen LogP contribution in [0.2, 0.25) is 0 Å². The maximum absolute atomic E-state index is 12.6. The Morgan fingerprint density at radius 2 is 1.90 bits per heavy atom. The fourth-order valence-electron chi connectivity index (χ4n) is 4.56. The molecule has 0 saturated carbocycles. The average Bonchev–Trinajstić information content (AvgIpc) is 2.92. The summed E-state index contributed by atoms with van der Waals surface area (Å²) in [6, 6.07) is 7.27. The number of nitrogens with one attached hydrogen (secondary N) is 1. The molecule has 1 N–H and O–H groups in total. The number of Topliss-reactive ketones (excluding diaryl/α,β-unsaturated/α-hetero) is 1. The van der Waals surface area contributed by atoms with Crippen molar-refractivity contribution in [2.45, 2.75) is 37.7 Å². The van der Waals surface area contributed by atoms with Gasteiger partial charge in [0.05, 0.1) is 31.7 Å². The molecule has 168 valence electrons. The van der Waals surface area contributed by atoms with Gasteiger partial charge in [-0.15, -0.1) is 0 Å². The van der Waals surface area contributed by atoms with Crippen molar-refractivity contribution in [3.05, 3.63) is 29.8 Å². The summed E-state index contributed by atoms with van der Waals surface area (Å²) < 4.78 is 11.6. The van der Waals surface area contributed by atoms with E-state index in [1.807, 2.05) is 18.2 Å². The van der Waals surface area contributed by atoms with E-state index in [4.69, 9.17) is 9.47 Å². The quantitative estimate of drug-likeness (QED) is 0.685. The van der Waals surface area contributed by atoms with Crippen molar-refractivity contribution in [2.75, 3.05) is 52.5 Å². The molecule has 31 heavy (non-hydrogen) atoms. The summed E-state index contributed by atoms with van der Waals surface area (Å²) in [5.41, 5.74) is -0.0539. The Kier molecular flexibility index (Phi) is 6.87. The highest BCUT2D eigenvalue weighted by molar-refractivity contribution is 6.00. The predicted octanol–water partition coefficient (Wildman–Crippen LogP) is 1.24. The van der Waals surface area contributed by atoms with E-state index in [1.165, 1.54) is 0 Å². The lowest BCUT2D eigenvalue weighted by Crippen LogP contribution is -2.44. The Labute approximate surface area is 182 Å². The van der Waals surface area contributed by atoms with Crippen molar-refractivity contribution in [3.8, 4) is 5.75 Å². The summed E-state index contributed by atoms with van der Waals surface area (Å²) in [6.07, 6.45) is 2.46. The molecule has 8 nitrogen and oxygen atoms in total. The van der Waals surface area contributed by atoms with Crippen LogP contribution in [0.15, 0.2) is 24.3 Å². The van der Waals surface area contributed by atoms with Crippen molar-refractivity contribution in [3.63, 3.8) is 0 Å². The molecule has 0 bridgehead atoms. The topological polar surface area (TPSA) is 88.2 Å². The molecule has 2 saturated heterocycles. The first-order valence-corrected chi connectivity index (χ1v) is 11.2.